The van der Waals surface area contributed by atoms with Crippen LogP contribution in [0.2, 0.25) is 0 Å². The quantitative estimate of drug-likeness (QED) is 0.638. The molecule has 0 aromatic heterocycles. The fraction of sp³-hybridized carbons (Fsp3) is 0.929. The van der Waals surface area contributed by atoms with Gasteiger partial charge in [-0.3, -0.25) is 0 Å². The Morgan fingerprint density at radius 3 is 2.38 bits per heavy atom. The zero-order chi connectivity index (χ0) is 11.2. The van der Waals surface area contributed by atoms with Crippen molar-refractivity contribution in [2.24, 2.45) is 5.92 Å². The van der Waals surface area contributed by atoms with Crippen molar-refractivity contribution in [2.75, 3.05) is 11.5 Å². The lowest BCUT2D eigenvalue weighted by molar-refractivity contribution is 0.499. The first-order valence-corrected chi connectivity index (χ1v) is 9.06. The van der Waals surface area contributed by atoms with Gasteiger partial charge in [0.05, 0.1) is 4.58 Å². The van der Waals surface area contributed by atoms with Gasteiger partial charge in [0.15, 0.2) is 0 Å². The van der Waals surface area contributed by atoms with Gasteiger partial charge in [-0.25, -0.2) is 0 Å². The third kappa shape index (κ3) is 3.87. The van der Waals surface area contributed by atoms with Crippen LogP contribution in [-0.2, 0) is 0 Å². The van der Waals surface area contributed by atoms with Crippen LogP contribution in [0.5, 0.6) is 0 Å². The minimum atomic E-state index is 0.849. The maximum atomic E-state index is 2.48. The van der Waals surface area contributed by atoms with Crippen molar-refractivity contribution in [3.63, 3.8) is 0 Å². The Kier molecular flexibility index (Phi) is 5.92. The fourth-order valence-electron chi connectivity index (χ4n) is 2.79. The van der Waals surface area contributed by atoms with Crippen LogP contribution >= 0.6 is 23.5 Å². The molecule has 0 aromatic rings. The van der Waals surface area contributed by atoms with Crippen molar-refractivity contribution in [2.45, 2.75) is 62.9 Å². The van der Waals surface area contributed by atoms with Crippen LogP contribution in [0.25, 0.3) is 0 Å². The summed E-state index contributed by atoms with van der Waals surface area (Å²) in [7, 11) is 0. The first kappa shape index (κ1) is 13.1. The molecule has 0 spiro atoms. The van der Waals surface area contributed by atoms with Crippen LogP contribution in [0.15, 0.2) is 0 Å². The summed E-state index contributed by atoms with van der Waals surface area (Å²) >= 11 is 4.44. The van der Waals surface area contributed by atoms with E-state index in [4.69, 9.17) is 0 Å². The normalized spacial score (nSPS) is 31.7. The Hall–Kier alpha value is 0.700. The van der Waals surface area contributed by atoms with E-state index in [0.29, 0.717) is 0 Å². The number of hydrogen-bond donors (Lipinski definition) is 0. The molecule has 1 heterocycles. The second-order valence-electron chi connectivity index (χ2n) is 5.21. The van der Waals surface area contributed by atoms with E-state index < -0.39 is 0 Å². The molecule has 0 nitrogen and oxygen atoms in total. The third-order valence-corrected chi connectivity index (χ3v) is 6.94. The lowest BCUT2D eigenvalue weighted by Crippen LogP contribution is -2.22. The van der Waals surface area contributed by atoms with Crippen molar-refractivity contribution in [3.8, 4) is 0 Å². The smallest absolute Gasteiger partial charge is 0.0567 e. The molecule has 1 saturated carbocycles. The molecule has 2 rings (SSSR count). The topological polar surface area (TPSA) is 0 Å². The summed E-state index contributed by atoms with van der Waals surface area (Å²) < 4.78 is 0.849. The SMILES string of the molecule is CC1CCCCCCC[C]1C1SCCCS1. The van der Waals surface area contributed by atoms with Gasteiger partial charge >= 0.3 is 0 Å². The van der Waals surface area contributed by atoms with Crippen molar-refractivity contribution in [3.05, 3.63) is 5.92 Å². The molecule has 1 atom stereocenters. The summed E-state index contributed by atoms with van der Waals surface area (Å²) in [6.45, 7) is 2.48. The highest BCUT2D eigenvalue weighted by Crippen LogP contribution is 2.44. The van der Waals surface area contributed by atoms with Gasteiger partial charge in [-0.05, 0) is 30.3 Å². The molecule has 16 heavy (non-hydrogen) atoms. The molecule has 2 aliphatic rings. The standard InChI is InChI=1S/C14H25S2/c1-12-8-5-3-2-4-6-9-13(12)14-15-10-7-11-16-14/h12,14H,2-11H2,1H3. The van der Waals surface area contributed by atoms with E-state index in [9.17, 15) is 0 Å². The van der Waals surface area contributed by atoms with E-state index in [1.54, 1.807) is 0 Å². The average Bonchev–Trinajstić information content (AvgIpc) is 2.43. The number of thioether (sulfide) groups is 2. The summed E-state index contributed by atoms with van der Waals surface area (Å²) in [4.78, 5) is 0. The van der Waals surface area contributed by atoms with Crippen molar-refractivity contribution >= 4 is 23.5 Å². The second-order valence-corrected chi connectivity index (χ2v) is 7.93. The third-order valence-electron chi connectivity index (χ3n) is 3.87. The van der Waals surface area contributed by atoms with Gasteiger partial charge in [-0.1, -0.05) is 45.4 Å². The molecule has 1 radical (unpaired) electrons. The van der Waals surface area contributed by atoms with Gasteiger partial charge in [-0.2, -0.15) is 0 Å². The predicted molar refractivity (Wildman–Crippen MR) is 78.0 cm³/mol. The maximum absolute atomic E-state index is 2.48. The molecular weight excluding hydrogens is 232 g/mol. The van der Waals surface area contributed by atoms with Gasteiger partial charge in [0, 0.05) is 5.92 Å². The van der Waals surface area contributed by atoms with Gasteiger partial charge in [0.2, 0.25) is 0 Å². The Labute approximate surface area is 110 Å². The van der Waals surface area contributed by atoms with E-state index in [1.165, 1.54) is 62.9 Å². The molecule has 0 amide bonds. The molecule has 2 heteroatoms. The molecular formula is C14H25S2. The highest BCUT2D eigenvalue weighted by Gasteiger charge is 2.29. The molecule has 1 unspecified atom stereocenters. The van der Waals surface area contributed by atoms with E-state index in [1.807, 2.05) is 5.92 Å². The minimum Gasteiger partial charge on any atom is -0.147 e. The maximum Gasteiger partial charge on any atom is 0.0567 e. The van der Waals surface area contributed by atoms with Gasteiger partial charge in [-0.15, -0.1) is 23.5 Å². The highest BCUT2D eigenvalue weighted by molar-refractivity contribution is 8.17. The summed E-state index contributed by atoms with van der Waals surface area (Å²) in [6.07, 6.45) is 11.6. The molecule has 2 fully saturated rings. The minimum absolute atomic E-state index is 0.849. The van der Waals surface area contributed by atoms with E-state index in [2.05, 4.69) is 30.4 Å². The van der Waals surface area contributed by atoms with Gasteiger partial charge < -0.3 is 0 Å². The summed E-state index contributed by atoms with van der Waals surface area (Å²) in [5.41, 5.74) is 0. The van der Waals surface area contributed by atoms with Crippen molar-refractivity contribution < 1.29 is 0 Å². The number of rotatable bonds is 1. The van der Waals surface area contributed by atoms with Gasteiger partial charge in [0.1, 0.15) is 0 Å². The Balaban J connectivity index is 1.90. The molecule has 1 saturated heterocycles. The molecule has 1 aliphatic carbocycles. The van der Waals surface area contributed by atoms with Crippen LogP contribution in [0.4, 0.5) is 0 Å². The van der Waals surface area contributed by atoms with Crippen molar-refractivity contribution in [1.82, 2.24) is 0 Å². The molecule has 0 N–H and O–H groups in total. The Morgan fingerprint density at radius 1 is 0.875 bits per heavy atom. The van der Waals surface area contributed by atoms with E-state index in [-0.39, 0.29) is 0 Å². The number of hydrogen-bond acceptors (Lipinski definition) is 2. The molecule has 0 aromatic carbocycles. The lowest BCUT2D eigenvalue weighted by Gasteiger charge is -2.32. The second kappa shape index (κ2) is 7.20. The highest BCUT2D eigenvalue weighted by atomic mass is 32.2. The molecule has 1 aliphatic heterocycles. The largest absolute Gasteiger partial charge is 0.147 e. The lowest BCUT2D eigenvalue weighted by atomic mass is 9.88. The first-order chi connectivity index (χ1) is 7.88. The van der Waals surface area contributed by atoms with Crippen LogP contribution in [0, 0.1) is 11.8 Å². The first-order valence-electron chi connectivity index (χ1n) is 6.97. The van der Waals surface area contributed by atoms with Crippen LogP contribution in [0.3, 0.4) is 0 Å². The van der Waals surface area contributed by atoms with Gasteiger partial charge in [0.25, 0.3) is 0 Å². The molecule has 0 bridgehead atoms. The van der Waals surface area contributed by atoms with Crippen LogP contribution in [0.1, 0.15) is 58.3 Å². The average molecular weight is 257 g/mol. The van der Waals surface area contributed by atoms with Crippen molar-refractivity contribution in [1.29, 1.82) is 0 Å². The monoisotopic (exact) mass is 257 g/mol. The Bertz CT molecular complexity index is 187. The zero-order valence-corrected chi connectivity index (χ0v) is 12.2. The molecule has 93 valence electrons. The van der Waals surface area contributed by atoms with Crippen LogP contribution < -0.4 is 0 Å². The Morgan fingerprint density at radius 2 is 1.56 bits per heavy atom. The van der Waals surface area contributed by atoms with E-state index >= 15 is 0 Å². The van der Waals surface area contributed by atoms with Crippen LogP contribution in [-0.4, -0.2) is 16.1 Å². The zero-order valence-electron chi connectivity index (χ0n) is 10.5. The predicted octanol–water partition coefficient (Wildman–Crippen LogP) is 5.14. The summed E-state index contributed by atoms with van der Waals surface area (Å²) in [5, 5.41) is 0. The summed E-state index contributed by atoms with van der Waals surface area (Å²) in [6, 6.07) is 0. The summed E-state index contributed by atoms with van der Waals surface area (Å²) in [5.74, 6) is 5.58. The fourth-order valence-corrected chi connectivity index (χ4v) is 6.12. The van der Waals surface area contributed by atoms with E-state index in [0.717, 1.165) is 10.5 Å².